The molecule has 0 bridgehead atoms. The maximum atomic E-state index is 10.3. The number of phosphoric ester groups is 1. The van der Waals surface area contributed by atoms with Gasteiger partial charge in [-0.2, -0.15) is 0 Å². The van der Waals surface area contributed by atoms with E-state index in [1.807, 2.05) is 0 Å². The molecule has 9 heteroatoms. The first-order valence-electron chi connectivity index (χ1n) is 4.12. The van der Waals surface area contributed by atoms with E-state index in [1.165, 1.54) is 6.92 Å². The summed E-state index contributed by atoms with van der Waals surface area (Å²) in [4.78, 5) is 20.5. The number of aliphatic hydroxyl groups excluding tert-OH is 3. The topological polar surface area (TPSA) is 142 Å². The first-order valence-corrected chi connectivity index (χ1v) is 5.58. The van der Waals surface area contributed by atoms with Crippen molar-refractivity contribution in [3.05, 3.63) is 0 Å². The second kappa shape index (κ2) is 4.44. The van der Waals surface area contributed by atoms with Crippen LogP contribution in [0.4, 0.5) is 0 Å². The second-order valence-corrected chi connectivity index (χ2v) is 4.34. The van der Waals surface area contributed by atoms with Crippen molar-refractivity contribution in [2.75, 3.05) is 0 Å². The molecule has 1 saturated heterocycles. The third-order valence-corrected chi connectivity index (χ3v) is 2.51. The summed E-state index contributed by atoms with van der Waals surface area (Å²) in [6, 6.07) is 0. The van der Waals surface area contributed by atoms with Crippen molar-refractivity contribution in [3.63, 3.8) is 0 Å². The van der Waals surface area contributed by atoms with Crippen LogP contribution in [0.25, 0.3) is 0 Å². The van der Waals surface area contributed by atoms with Crippen molar-refractivity contribution in [2.24, 2.45) is 0 Å². The lowest BCUT2D eigenvalue weighted by molar-refractivity contribution is -0.367. The van der Waals surface area contributed by atoms with Gasteiger partial charge in [0.15, 0.2) is 6.29 Å². The van der Waals surface area contributed by atoms with Gasteiger partial charge in [0.05, 0.1) is 13.9 Å². The number of rotatable bonds is 2. The zero-order valence-corrected chi connectivity index (χ0v) is 8.61. The van der Waals surface area contributed by atoms with Crippen LogP contribution in [-0.4, -0.2) is 46.0 Å². The molecule has 0 aromatic rings. The zero-order valence-electron chi connectivity index (χ0n) is 7.72. The lowest BCUT2D eigenvalue weighted by atomic mass is 10.0. The molecule has 5 unspecified atom stereocenters. The van der Waals surface area contributed by atoms with E-state index in [2.05, 4.69) is 4.52 Å². The maximum absolute atomic E-state index is 10.3. The first-order chi connectivity index (χ1) is 6.72. The molecule has 1 fully saturated rings. The molecule has 90 valence electrons. The summed E-state index contributed by atoms with van der Waals surface area (Å²) in [5.41, 5.74) is 0. The lowest BCUT2D eigenvalue weighted by Gasteiger charge is -2.42. The van der Waals surface area contributed by atoms with E-state index in [-0.39, 0.29) is 0 Å². The molecule has 0 aliphatic carbocycles. The summed E-state index contributed by atoms with van der Waals surface area (Å²) in [5, 5.41) is 27.7. The SMILES string of the molecule is CC1OC(OP(=O)([O-])[O-])C(O)C(O)C1O. The van der Waals surface area contributed by atoms with E-state index in [1.54, 1.807) is 0 Å². The minimum atomic E-state index is -5.32. The fourth-order valence-corrected chi connectivity index (χ4v) is 1.66. The van der Waals surface area contributed by atoms with E-state index in [4.69, 9.17) is 4.74 Å². The number of phosphoric acid groups is 1. The summed E-state index contributed by atoms with van der Waals surface area (Å²) in [6.07, 6.45) is -7.56. The van der Waals surface area contributed by atoms with Crippen LogP contribution in [0.3, 0.4) is 0 Å². The van der Waals surface area contributed by atoms with Crippen LogP contribution in [-0.2, 0) is 13.8 Å². The Morgan fingerprint density at radius 2 is 1.73 bits per heavy atom. The molecule has 8 nitrogen and oxygen atoms in total. The van der Waals surface area contributed by atoms with Gasteiger partial charge in [-0.3, -0.25) is 0 Å². The molecule has 1 heterocycles. The predicted molar refractivity (Wildman–Crippen MR) is 41.0 cm³/mol. The first kappa shape index (κ1) is 13.0. The smallest absolute Gasteiger partial charge is 0.191 e. The van der Waals surface area contributed by atoms with E-state index in [0.717, 1.165) is 0 Å². The van der Waals surface area contributed by atoms with Crippen molar-refractivity contribution in [1.29, 1.82) is 0 Å². The molecule has 0 spiro atoms. The Morgan fingerprint density at radius 3 is 2.20 bits per heavy atom. The highest BCUT2D eigenvalue weighted by molar-refractivity contribution is 7.43. The average molecular weight is 242 g/mol. The Hall–Kier alpha value is -0.0500. The van der Waals surface area contributed by atoms with Gasteiger partial charge in [-0.1, -0.05) is 0 Å². The Balaban J connectivity index is 2.71. The zero-order chi connectivity index (χ0) is 11.8. The third-order valence-electron chi connectivity index (χ3n) is 2.04. The number of hydrogen-bond donors (Lipinski definition) is 3. The molecule has 1 aliphatic heterocycles. The summed E-state index contributed by atoms with van der Waals surface area (Å²) in [6.45, 7) is 1.33. The molecule has 1 rings (SSSR count). The Morgan fingerprint density at radius 1 is 1.20 bits per heavy atom. The largest absolute Gasteiger partial charge is 0.790 e. The van der Waals surface area contributed by atoms with Gasteiger partial charge in [-0.25, -0.2) is 0 Å². The van der Waals surface area contributed by atoms with Gasteiger partial charge in [0.2, 0.25) is 0 Å². The molecule has 5 atom stereocenters. The van der Waals surface area contributed by atoms with Crippen molar-refractivity contribution in [1.82, 2.24) is 0 Å². The van der Waals surface area contributed by atoms with E-state index < -0.39 is 38.5 Å². The molecule has 0 amide bonds. The van der Waals surface area contributed by atoms with Crippen LogP contribution < -0.4 is 9.79 Å². The highest BCUT2D eigenvalue weighted by atomic mass is 31.2. The minimum Gasteiger partial charge on any atom is -0.790 e. The third kappa shape index (κ3) is 3.20. The molecule has 0 aromatic heterocycles. The van der Waals surface area contributed by atoms with Gasteiger partial charge in [0.1, 0.15) is 18.3 Å². The van der Waals surface area contributed by atoms with Gasteiger partial charge in [-0.05, 0) is 6.92 Å². The molecule has 15 heavy (non-hydrogen) atoms. The highest BCUT2D eigenvalue weighted by Gasteiger charge is 2.42. The van der Waals surface area contributed by atoms with Crippen LogP contribution in [0, 0.1) is 0 Å². The maximum Gasteiger partial charge on any atom is 0.191 e. The van der Waals surface area contributed by atoms with E-state index in [9.17, 15) is 29.7 Å². The Labute approximate surface area is 85.3 Å². The monoisotopic (exact) mass is 242 g/mol. The van der Waals surface area contributed by atoms with Crippen LogP contribution in [0.1, 0.15) is 6.92 Å². The van der Waals surface area contributed by atoms with Crippen LogP contribution >= 0.6 is 7.82 Å². The molecule has 1 aliphatic rings. The van der Waals surface area contributed by atoms with Gasteiger partial charge >= 0.3 is 0 Å². The van der Waals surface area contributed by atoms with Crippen molar-refractivity contribution < 1.29 is 38.9 Å². The van der Waals surface area contributed by atoms with E-state index >= 15 is 0 Å². The normalized spacial score (nSPS) is 42.9. The molecule has 0 radical (unpaired) electrons. The standard InChI is InChI=1S/C6H13O8P/c1-2-3(7)4(8)5(9)6(13-2)14-15(10,11)12/h2-9H,1H3,(H2,10,11,12)/p-2. The molecule has 0 aromatic carbocycles. The number of aliphatic hydroxyl groups is 3. The highest BCUT2D eigenvalue weighted by Crippen LogP contribution is 2.33. The average Bonchev–Trinajstić information content (AvgIpc) is 2.08. The predicted octanol–water partition coefficient (Wildman–Crippen LogP) is -3.34. The fourth-order valence-electron chi connectivity index (χ4n) is 1.23. The van der Waals surface area contributed by atoms with Crippen LogP contribution in [0.15, 0.2) is 0 Å². The van der Waals surface area contributed by atoms with Gasteiger partial charge in [-0.15, -0.1) is 0 Å². The van der Waals surface area contributed by atoms with Crippen LogP contribution in [0.5, 0.6) is 0 Å². The summed E-state index contributed by atoms with van der Waals surface area (Å²) in [5.74, 6) is 0. The van der Waals surface area contributed by atoms with Crippen molar-refractivity contribution >= 4 is 7.82 Å². The molecule has 0 saturated carbocycles. The lowest BCUT2D eigenvalue weighted by Crippen LogP contribution is -2.57. The number of ether oxygens (including phenoxy) is 1. The summed E-state index contributed by atoms with van der Waals surface area (Å²) >= 11 is 0. The van der Waals surface area contributed by atoms with Crippen LogP contribution in [0.2, 0.25) is 0 Å². The molecular formula is C6H11O8P-2. The van der Waals surface area contributed by atoms with Crippen molar-refractivity contribution in [2.45, 2.75) is 37.6 Å². The van der Waals surface area contributed by atoms with Gasteiger partial charge < -0.3 is 38.9 Å². The van der Waals surface area contributed by atoms with Gasteiger partial charge in [0, 0.05) is 0 Å². The second-order valence-electron chi connectivity index (χ2n) is 3.23. The number of hydrogen-bond acceptors (Lipinski definition) is 8. The fraction of sp³-hybridized carbons (Fsp3) is 1.00. The summed E-state index contributed by atoms with van der Waals surface area (Å²) < 4.78 is 18.8. The van der Waals surface area contributed by atoms with Crippen molar-refractivity contribution in [3.8, 4) is 0 Å². The Bertz CT molecular complexity index is 264. The summed E-state index contributed by atoms with van der Waals surface area (Å²) in [7, 11) is -5.32. The van der Waals surface area contributed by atoms with E-state index in [0.29, 0.717) is 0 Å². The Kier molecular flexibility index (Phi) is 3.85. The van der Waals surface area contributed by atoms with Gasteiger partial charge in [0.25, 0.3) is 0 Å². The molecule has 3 N–H and O–H groups in total. The minimum absolute atomic E-state index is 0.958. The quantitative estimate of drug-likeness (QED) is 0.426. The molecular weight excluding hydrogens is 231 g/mol.